The highest BCUT2D eigenvalue weighted by Crippen LogP contribution is 2.00. The molecule has 0 fully saturated rings. The Labute approximate surface area is 83.7 Å². The summed E-state index contributed by atoms with van der Waals surface area (Å²) < 4.78 is 29.1. The van der Waals surface area contributed by atoms with E-state index in [0.717, 1.165) is 0 Å². The lowest BCUT2D eigenvalue weighted by atomic mass is 10.1. The van der Waals surface area contributed by atoms with Gasteiger partial charge < -0.3 is 15.5 Å². The van der Waals surface area contributed by atoms with Gasteiger partial charge in [0.2, 0.25) is 0 Å². The van der Waals surface area contributed by atoms with Crippen LogP contribution in [0.5, 0.6) is 0 Å². The van der Waals surface area contributed by atoms with E-state index in [4.69, 9.17) is 14.8 Å². The highest BCUT2D eigenvalue weighted by molar-refractivity contribution is 7.85. The van der Waals surface area contributed by atoms with Crippen molar-refractivity contribution in [1.82, 2.24) is 5.32 Å². The van der Waals surface area contributed by atoms with Crippen molar-refractivity contribution >= 4 is 10.1 Å². The van der Waals surface area contributed by atoms with E-state index in [9.17, 15) is 8.42 Å². The van der Waals surface area contributed by atoms with Crippen LogP contribution in [0.4, 0.5) is 0 Å². The first kappa shape index (κ1) is 13.8. The molecule has 0 saturated heterocycles. The summed E-state index contributed by atoms with van der Waals surface area (Å²) in [4.78, 5) is 0. The second-order valence-corrected chi connectivity index (χ2v) is 5.02. The fourth-order valence-corrected chi connectivity index (χ4v) is 1.32. The molecule has 0 bridgehead atoms. The quantitative estimate of drug-likeness (QED) is 0.315. The molecule has 0 aromatic carbocycles. The van der Waals surface area contributed by atoms with E-state index < -0.39 is 15.7 Å². The van der Waals surface area contributed by atoms with Gasteiger partial charge in [0.15, 0.2) is 0 Å². The molecule has 0 saturated carbocycles. The van der Waals surface area contributed by atoms with E-state index in [1.54, 1.807) is 6.92 Å². The van der Waals surface area contributed by atoms with Crippen molar-refractivity contribution in [1.29, 1.82) is 0 Å². The van der Waals surface area contributed by atoms with Crippen LogP contribution >= 0.6 is 0 Å². The van der Waals surface area contributed by atoms with Crippen LogP contribution in [-0.2, 0) is 10.1 Å². The predicted molar refractivity (Wildman–Crippen MR) is 51.6 cm³/mol. The summed E-state index contributed by atoms with van der Waals surface area (Å²) in [5.74, 6) is -0.326. The van der Waals surface area contributed by atoms with E-state index in [0.29, 0.717) is 6.54 Å². The Balaban J connectivity index is 3.74. The van der Waals surface area contributed by atoms with E-state index in [-0.39, 0.29) is 25.4 Å². The molecule has 0 rings (SSSR count). The molecule has 0 radical (unpaired) electrons. The molecule has 0 amide bonds. The van der Waals surface area contributed by atoms with Gasteiger partial charge in [-0.1, -0.05) is 0 Å². The van der Waals surface area contributed by atoms with Gasteiger partial charge in [-0.2, -0.15) is 8.42 Å². The molecule has 0 aliphatic heterocycles. The molecule has 0 aromatic rings. The highest BCUT2D eigenvalue weighted by atomic mass is 32.2. The Bertz CT molecular complexity index is 247. The average molecular weight is 227 g/mol. The van der Waals surface area contributed by atoms with Gasteiger partial charge in [0.05, 0.1) is 24.5 Å². The third-order valence-electron chi connectivity index (χ3n) is 1.83. The maximum atomic E-state index is 10.3. The van der Waals surface area contributed by atoms with Gasteiger partial charge in [0.1, 0.15) is 0 Å². The van der Waals surface area contributed by atoms with E-state index in [2.05, 4.69) is 5.32 Å². The topological polar surface area (TPSA) is 107 Å². The summed E-state index contributed by atoms with van der Waals surface area (Å²) in [5, 5.41) is 20.5. The molecule has 0 heterocycles. The Morgan fingerprint density at radius 3 is 2.14 bits per heavy atom. The third-order valence-corrected chi connectivity index (χ3v) is 2.63. The van der Waals surface area contributed by atoms with Gasteiger partial charge in [0.25, 0.3) is 10.1 Å². The lowest BCUT2D eigenvalue weighted by Gasteiger charge is -2.26. The van der Waals surface area contributed by atoms with E-state index >= 15 is 0 Å². The molecule has 0 aromatic heterocycles. The zero-order valence-corrected chi connectivity index (χ0v) is 8.92. The molecule has 0 atom stereocenters. The lowest BCUT2D eigenvalue weighted by molar-refractivity contribution is 0.105. The summed E-state index contributed by atoms with van der Waals surface area (Å²) in [6, 6.07) is 0. The minimum absolute atomic E-state index is 0.231. The molecule has 0 aliphatic rings. The fraction of sp³-hybridized carbons (Fsp3) is 1.00. The monoisotopic (exact) mass is 227 g/mol. The normalized spacial score (nSPS) is 13.1. The molecule has 0 aliphatic carbocycles. The van der Waals surface area contributed by atoms with Crippen LogP contribution in [-0.4, -0.2) is 54.2 Å². The zero-order chi connectivity index (χ0) is 11.2. The second-order valence-electron chi connectivity index (χ2n) is 3.44. The van der Waals surface area contributed by atoms with Crippen molar-refractivity contribution < 1.29 is 23.2 Å². The number of nitrogens with one attached hydrogen (secondary N) is 1. The molecule has 7 heteroatoms. The van der Waals surface area contributed by atoms with Gasteiger partial charge in [0, 0.05) is 0 Å². The SMILES string of the molecule is CC(CO)(CO)NCCCS(=O)(=O)O. The van der Waals surface area contributed by atoms with E-state index in [1.807, 2.05) is 0 Å². The summed E-state index contributed by atoms with van der Waals surface area (Å²) in [5.41, 5.74) is -0.806. The molecule has 86 valence electrons. The average Bonchev–Trinajstić information content (AvgIpc) is 2.11. The lowest BCUT2D eigenvalue weighted by Crippen LogP contribution is -2.49. The Morgan fingerprint density at radius 2 is 1.79 bits per heavy atom. The molecule has 6 nitrogen and oxygen atoms in total. The van der Waals surface area contributed by atoms with Crippen molar-refractivity contribution in [2.75, 3.05) is 25.5 Å². The van der Waals surface area contributed by atoms with Crippen molar-refractivity contribution in [2.45, 2.75) is 18.9 Å². The molecule has 14 heavy (non-hydrogen) atoms. The first-order valence-corrected chi connectivity index (χ1v) is 5.86. The fourth-order valence-electron chi connectivity index (χ4n) is 0.807. The van der Waals surface area contributed by atoms with Crippen LogP contribution in [0.2, 0.25) is 0 Å². The summed E-state index contributed by atoms with van der Waals surface area (Å²) in [6.45, 7) is 1.43. The predicted octanol–water partition coefficient (Wildman–Crippen LogP) is -1.40. The van der Waals surface area contributed by atoms with Crippen LogP contribution in [0.25, 0.3) is 0 Å². The highest BCUT2D eigenvalue weighted by Gasteiger charge is 2.20. The van der Waals surface area contributed by atoms with Gasteiger partial charge >= 0.3 is 0 Å². The number of aliphatic hydroxyl groups is 2. The Morgan fingerprint density at radius 1 is 1.29 bits per heavy atom. The Kier molecular flexibility index (Phi) is 5.53. The van der Waals surface area contributed by atoms with Gasteiger partial charge in [-0.25, -0.2) is 0 Å². The van der Waals surface area contributed by atoms with Crippen LogP contribution in [0.3, 0.4) is 0 Å². The van der Waals surface area contributed by atoms with Gasteiger partial charge in [-0.3, -0.25) is 4.55 Å². The first-order valence-electron chi connectivity index (χ1n) is 4.25. The molecular weight excluding hydrogens is 210 g/mol. The van der Waals surface area contributed by atoms with Crippen LogP contribution in [0.1, 0.15) is 13.3 Å². The molecule has 0 spiro atoms. The minimum Gasteiger partial charge on any atom is -0.394 e. The van der Waals surface area contributed by atoms with Crippen LogP contribution < -0.4 is 5.32 Å². The van der Waals surface area contributed by atoms with Crippen LogP contribution in [0, 0.1) is 0 Å². The zero-order valence-electron chi connectivity index (χ0n) is 8.10. The number of hydrogen-bond donors (Lipinski definition) is 4. The van der Waals surface area contributed by atoms with Gasteiger partial charge in [-0.15, -0.1) is 0 Å². The van der Waals surface area contributed by atoms with Crippen molar-refractivity contribution in [3.05, 3.63) is 0 Å². The second kappa shape index (κ2) is 5.62. The van der Waals surface area contributed by atoms with Crippen molar-refractivity contribution in [3.63, 3.8) is 0 Å². The molecule has 4 N–H and O–H groups in total. The van der Waals surface area contributed by atoms with Crippen LogP contribution in [0.15, 0.2) is 0 Å². The molecular formula is C7H17NO5S. The summed E-state index contributed by atoms with van der Waals surface area (Å²) >= 11 is 0. The number of hydrogen-bond acceptors (Lipinski definition) is 5. The van der Waals surface area contributed by atoms with Gasteiger partial charge in [-0.05, 0) is 19.9 Å². The standard InChI is InChI=1S/C7H17NO5S/c1-7(5-9,6-10)8-3-2-4-14(11,12)13/h8-10H,2-6H2,1H3,(H,11,12,13). The maximum absolute atomic E-state index is 10.3. The third kappa shape index (κ3) is 6.28. The Hall–Kier alpha value is -0.210. The minimum atomic E-state index is -3.92. The smallest absolute Gasteiger partial charge is 0.264 e. The number of rotatable bonds is 7. The van der Waals surface area contributed by atoms with Crippen molar-refractivity contribution in [3.8, 4) is 0 Å². The summed E-state index contributed by atoms with van der Waals surface area (Å²) in [6.07, 6.45) is 0.231. The summed E-state index contributed by atoms with van der Waals surface area (Å²) in [7, 11) is -3.92. The molecule has 0 unspecified atom stereocenters. The first-order chi connectivity index (χ1) is 6.33. The van der Waals surface area contributed by atoms with E-state index in [1.165, 1.54) is 0 Å². The van der Waals surface area contributed by atoms with Crippen molar-refractivity contribution in [2.24, 2.45) is 0 Å². The maximum Gasteiger partial charge on any atom is 0.264 e. The number of aliphatic hydroxyl groups excluding tert-OH is 2. The largest absolute Gasteiger partial charge is 0.394 e.